The first kappa shape index (κ1) is 14.2. The van der Waals surface area contributed by atoms with E-state index in [0.29, 0.717) is 6.54 Å². The molecule has 1 aromatic rings. The molecular formula is C14H19NO3. The average Bonchev–Trinajstić information content (AvgIpc) is 2.36. The van der Waals surface area contributed by atoms with Crippen molar-refractivity contribution in [3.8, 4) is 0 Å². The van der Waals surface area contributed by atoms with Gasteiger partial charge in [0, 0.05) is 13.0 Å². The van der Waals surface area contributed by atoms with Gasteiger partial charge in [-0.25, -0.2) is 0 Å². The van der Waals surface area contributed by atoms with Gasteiger partial charge in [0.15, 0.2) is 0 Å². The summed E-state index contributed by atoms with van der Waals surface area (Å²) in [5.41, 5.74) is 3.41. The molecule has 0 fully saturated rings. The molecule has 0 heterocycles. The molecular weight excluding hydrogens is 230 g/mol. The van der Waals surface area contributed by atoms with Crippen LogP contribution >= 0.6 is 0 Å². The van der Waals surface area contributed by atoms with E-state index in [4.69, 9.17) is 0 Å². The second-order valence-electron chi connectivity index (χ2n) is 4.28. The molecule has 0 saturated heterocycles. The monoisotopic (exact) mass is 249 g/mol. The quantitative estimate of drug-likeness (QED) is 0.810. The van der Waals surface area contributed by atoms with Crippen molar-refractivity contribution in [1.82, 2.24) is 5.32 Å². The number of aryl methyl sites for hydroxylation is 2. The molecule has 0 saturated carbocycles. The van der Waals surface area contributed by atoms with Crippen molar-refractivity contribution in [3.63, 3.8) is 0 Å². The van der Waals surface area contributed by atoms with Crippen LogP contribution in [0, 0.1) is 13.8 Å². The molecule has 0 atom stereocenters. The first-order chi connectivity index (χ1) is 8.52. The van der Waals surface area contributed by atoms with E-state index in [2.05, 4.69) is 16.1 Å². The maximum atomic E-state index is 11.5. The van der Waals surface area contributed by atoms with Crippen LogP contribution in [0.5, 0.6) is 0 Å². The van der Waals surface area contributed by atoms with Crippen molar-refractivity contribution in [1.29, 1.82) is 0 Å². The first-order valence-corrected chi connectivity index (χ1v) is 5.92. The summed E-state index contributed by atoms with van der Waals surface area (Å²) in [4.78, 5) is 22.4. The fourth-order valence-electron chi connectivity index (χ4n) is 1.59. The molecule has 0 radical (unpaired) electrons. The fraction of sp³-hybridized carbons (Fsp3) is 0.429. The van der Waals surface area contributed by atoms with Crippen LogP contribution in [0.3, 0.4) is 0 Å². The summed E-state index contributed by atoms with van der Waals surface area (Å²) in [6.45, 7) is 4.52. The molecule has 1 aromatic carbocycles. The third kappa shape index (κ3) is 4.57. The number of nitrogens with one attached hydrogen (secondary N) is 1. The Bertz CT molecular complexity index is 441. The predicted molar refractivity (Wildman–Crippen MR) is 69.0 cm³/mol. The molecule has 0 unspecified atom stereocenters. The summed E-state index contributed by atoms with van der Waals surface area (Å²) in [6, 6.07) is 6.12. The van der Waals surface area contributed by atoms with Gasteiger partial charge >= 0.3 is 5.97 Å². The van der Waals surface area contributed by atoms with Gasteiger partial charge in [-0.2, -0.15) is 0 Å². The van der Waals surface area contributed by atoms with Crippen LogP contribution in [0.2, 0.25) is 0 Å². The number of carbonyl (C=O) groups excluding carboxylic acids is 2. The summed E-state index contributed by atoms with van der Waals surface area (Å²) in [7, 11) is 1.32. The largest absolute Gasteiger partial charge is 0.469 e. The van der Waals surface area contributed by atoms with E-state index in [9.17, 15) is 9.59 Å². The van der Waals surface area contributed by atoms with Crippen molar-refractivity contribution >= 4 is 11.9 Å². The van der Waals surface area contributed by atoms with Gasteiger partial charge in [-0.15, -0.1) is 0 Å². The Morgan fingerprint density at radius 3 is 2.61 bits per heavy atom. The molecule has 0 spiro atoms. The topological polar surface area (TPSA) is 55.4 Å². The van der Waals surface area contributed by atoms with E-state index in [-0.39, 0.29) is 24.7 Å². The Balaban J connectivity index is 2.42. The first-order valence-electron chi connectivity index (χ1n) is 5.92. The Morgan fingerprint density at radius 2 is 1.94 bits per heavy atom. The van der Waals surface area contributed by atoms with Crippen molar-refractivity contribution in [3.05, 3.63) is 34.9 Å². The van der Waals surface area contributed by atoms with Crippen molar-refractivity contribution in [2.75, 3.05) is 7.11 Å². The maximum Gasteiger partial charge on any atom is 0.306 e. The molecule has 98 valence electrons. The minimum absolute atomic E-state index is 0.120. The van der Waals surface area contributed by atoms with Crippen LogP contribution in [0.4, 0.5) is 0 Å². The lowest BCUT2D eigenvalue weighted by Gasteiger charge is -2.08. The number of esters is 1. The number of methoxy groups -OCH3 is 1. The van der Waals surface area contributed by atoms with Gasteiger partial charge in [0.25, 0.3) is 0 Å². The van der Waals surface area contributed by atoms with Gasteiger partial charge in [-0.05, 0) is 25.0 Å². The molecule has 18 heavy (non-hydrogen) atoms. The van der Waals surface area contributed by atoms with Gasteiger partial charge in [0.05, 0.1) is 13.5 Å². The summed E-state index contributed by atoms with van der Waals surface area (Å²) < 4.78 is 4.48. The average molecular weight is 249 g/mol. The summed E-state index contributed by atoms with van der Waals surface area (Å²) in [6.07, 6.45) is 0.284. The molecule has 0 aliphatic heterocycles. The van der Waals surface area contributed by atoms with Crippen LogP contribution in [-0.2, 0) is 20.9 Å². The molecule has 0 bridgehead atoms. The van der Waals surface area contributed by atoms with Gasteiger partial charge < -0.3 is 10.1 Å². The second kappa shape index (κ2) is 6.79. The molecule has 1 rings (SSSR count). The number of hydrogen-bond acceptors (Lipinski definition) is 3. The Hall–Kier alpha value is -1.84. The number of benzene rings is 1. The summed E-state index contributed by atoms with van der Waals surface area (Å²) >= 11 is 0. The van der Waals surface area contributed by atoms with E-state index < -0.39 is 0 Å². The Morgan fingerprint density at radius 1 is 1.22 bits per heavy atom. The predicted octanol–water partition coefficient (Wildman–Crippen LogP) is 1.87. The fourth-order valence-corrected chi connectivity index (χ4v) is 1.59. The third-order valence-electron chi connectivity index (χ3n) is 2.76. The highest BCUT2D eigenvalue weighted by Crippen LogP contribution is 2.10. The molecule has 4 nitrogen and oxygen atoms in total. The SMILES string of the molecule is COC(=O)CCC(=O)NCc1cc(C)ccc1C. The van der Waals surface area contributed by atoms with Crippen LogP contribution in [-0.4, -0.2) is 19.0 Å². The maximum absolute atomic E-state index is 11.5. The molecule has 0 aliphatic carbocycles. The highest BCUT2D eigenvalue weighted by molar-refractivity contribution is 5.81. The Kier molecular flexibility index (Phi) is 5.36. The minimum atomic E-state index is -0.364. The summed E-state index contributed by atoms with van der Waals surface area (Å²) in [5, 5.41) is 2.80. The molecule has 0 aliphatic rings. The zero-order valence-electron chi connectivity index (χ0n) is 11.1. The highest BCUT2D eigenvalue weighted by Gasteiger charge is 2.07. The molecule has 0 aromatic heterocycles. The molecule has 1 amide bonds. The standard InChI is InChI=1S/C14H19NO3/c1-10-4-5-11(2)12(8-10)9-15-13(16)6-7-14(17)18-3/h4-5,8H,6-7,9H2,1-3H3,(H,15,16). The number of carbonyl (C=O) groups is 2. The molecule has 4 heteroatoms. The minimum Gasteiger partial charge on any atom is -0.469 e. The highest BCUT2D eigenvalue weighted by atomic mass is 16.5. The second-order valence-corrected chi connectivity index (χ2v) is 4.28. The van der Waals surface area contributed by atoms with Crippen molar-refractivity contribution < 1.29 is 14.3 Å². The lowest BCUT2D eigenvalue weighted by molar-refractivity contribution is -0.142. The summed E-state index contributed by atoms with van der Waals surface area (Å²) in [5.74, 6) is -0.502. The third-order valence-corrected chi connectivity index (χ3v) is 2.76. The van der Waals surface area contributed by atoms with Crippen LogP contribution in [0.1, 0.15) is 29.5 Å². The number of amides is 1. The normalized spacial score (nSPS) is 9.94. The van der Waals surface area contributed by atoms with Crippen LogP contribution in [0.25, 0.3) is 0 Å². The van der Waals surface area contributed by atoms with E-state index in [1.54, 1.807) is 0 Å². The number of rotatable bonds is 5. The number of hydrogen-bond donors (Lipinski definition) is 1. The van der Waals surface area contributed by atoms with Crippen LogP contribution < -0.4 is 5.32 Å². The lowest BCUT2D eigenvalue weighted by atomic mass is 10.1. The number of ether oxygens (including phenoxy) is 1. The zero-order chi connectivity index (χ0) is 13.5. The van der Waals surface area contributed by atoms with E-state index in [1.165, 1.54) is 12.7 Å². The van der Waals surface area contributed by atoms with Gasteiger partial charge in [-0.3, -0.25) is 9.59 Å². The smallest absolute Gasteiger partial charge is 0.306 e. The van der Waals surface area contributed by atoms with Crippen LogP contribution in [0.15, 0.2) is 18.2 Å². The van der Waals surface area contributed by atoms with Crippen molar-refractivity contribution in [2.24, 2.45) is 0 Å². The molecule has 1 N–H and O–H groups in total. The van der Waals surface area contributed by atoms with Gasteiger partial charge in [-0.1, -0.05) is 23.8 Å². The van der Waals surface area contributed by atoms with E-state index >= 15 is 0 Å². The van der Waals surface area contributed by atoms with E-state index in [0.717, 1.165) is 11.1 Å². The van der Waals surface area contributed by atoms with E-state index in [1.807, 2.05) is 26.0 Å². The zero-order valence-corrected chi connectivity index (χ0v) is 11.1. The van der Waals surface area contributed by atoms with Crippen molar-refractivity contribution in [2.45, 2.75) is 33.2 Å². The van der Waals surface area contributed by atoms with Gasteiger partial charge in [0.2, 0.25) is 5.91 Å². The van der Waals surface area contributed by atoms with Gasteiger partial charge in [0.1, 0.15) is 0 Å². The Labute approximate surface area is 107 Å². The lowest BCUT2D eigenvalue weighted by Crippen LogP contribution is -2.23.